The summed E-state index contributed by atoms with van der Waals surface area (Å²) in [4.78, 5) is 65.5. The standard InChI is InChI=1S/C31H30N6O8S/c38-20-35-27(40)26(33-25(39)17-21-7-3-1-4-8-21)28(35)46-29(30(41)45-19-23-11-13-24(14-12-23)37(43)44)34-15-16-36(31(34)42)32-18-22-9-5-2-6-10-22/h1-14,18,26,28-29,38H,15-17,19-20H2,(H,33,39)/b32-18+/t26-,28-,29?/m1/s1. The summed E-state index contributed by atoms with van der Waals surface area (Å²) < 4.78 is 5.54. The Labute approximate surface area is 267 Å². The Bertz CT molecular complexity index is 1610. The number of nitro groups is 1. The number of nitrogens with one attached hydrogen (secondary N) is 1. The number of hydrogen-bond donors (Lipinski definition) is 2. The second-order valence-corrected chi connectivity index (χ2v) is 11.5. The van der Waals surface area contributed by atoms with Crippen LogP contribution >= 0.6 is 11.8 Å². The van der Waals surface area contributed by atoms with Crippen LogP contribution in [0.5, 0.6) is 0 Å². The fourth-order valence-electron chi connectivity index (χ4n) is 4.83. The Morgan fingerprint density at radius 1 is 1.02 bits per heavy atom. The molecule has 2 heterocycles. The molecule has 5 rings (SSSR count). The van der Waals surface area contributed by atoms with Gasteiger partial charge in [0.1, 0.15) is 24.8 Å². The molecule has 15 heteroatoms. The maximum atomic E-state index is 13.6. The number of benzene rings is 3. The van der Waals surface area contributed by atoms with Crippen LogP contribution < -0.4 is 5.32 Å². The number of likely N-dealkylation sites (tertiary alicyclic amines) is 1. The Hall–Kier alpha value is -5.28. The molecule has 0 spiro atoms. The molecule has 3 atom stereocenters. The number of amides is 4. The van der Waals surface area contributed by atoms with E-state index in [1.54, 1.807) is 24.3 Å². The Balaban J connectivity index is 1.33. The van der Waals surface area contributed by atoms with Crippen molar-refractivity contribution in [1.29, 1.82) is 0 Å². The zero-order valence-electron chi connectivity index (χ0n) is 24.4. The van der Waals surface area contributed by atoms with E-state index in [1.807, 2.05) is 36.4 Å². The van der Waals surface area contributed by atoms with Gasteiger partial charge in [-0.15, -0.1) is 0 Å². The minimum Gasteiger partial charge on any atom is -0.459 e. The van der Waals surface area contributed by atoms with Crippen molar-refractivity contribution >= 4 is 47.5 Å². The van der Waals surface area contributed by atoms with E-state index in [0.29, 0.717) is 5.56 Å². The number of β-lactam (4-membered cyclic amide) rings is 1. The number of hydrazone groups is 1. The summed E-state index contributed by atoms with van der Waals surface area (Å²) in [6.07, 6.45) is 1.54. The zero-order chi connectivity index (χ0) is 32.6. The molecule has 3 aromatic carbocycles. The number of urea groups is 1. The number of rotatable bonds is 13. The molecular formula is C31H30N6O8S. The highest BCUT2D eigenvalue weighted by atomic mass is 32.2. The number of carbonyl (C=O) groups is 4. The zero-order valence-corrected chi connectivity index (χ0v) is 25.2. The number of ether oxygens (including phenoxy) is 1. The van der Waals surface area contributed by atoms with Crippen LogP contribution in [-0.4, -0.2) is 91.5 Å². The lowest BCUT2D eigenvalue weighted by molar-refractivity contribution is -0.384. The van der Waals surface area contributed by atoms with E-state index < -0.39 is 52.3 Å². The topological polar surface area (TPSA) is 175 Å². The van der Waals surface area contributed by atoms with E-state index in [0.717, 1.165) is 27.8 Å². The maximum absolute atomic E-state index is 13.6. The smallest absolute Gasteiger partial charge is 0.341 e. The second-order valence-electron chi connectivity index (χ2n) is 10.3. The quantitative estimate of drug-likeness (QED) is 0.0928. The summed E-state index contributed by atoms with van der Waals surface area (Å²) in [5, 5.41) is 26.9. The predicted molar refractivity (Wildman–Crippen MR) is 167 cm³/mol. The molecular weight excluding hydrogens is 616 g/mol. The third-order valence-electron chi connectivity index (χ3n) is 7.26. The van der Waals surface area contributed by atoms with Crippen molar-refractivity contribution in [3.8, 4) is 0 Å². The van der Waals surface area contributed by atoms with Crippen molar-refractivity contribution in [1.82, 2.24) is 20.1 Å². The molecule has 2 aliphatic rings. The number of non-ortho nitro benzene ring substituents is 1. The predicted octanol–water partition coefficient (Wildman–Crippen LogP) is 2.31. The summed E-state index contributed by atoms with van der Waals surface area (Å²) in [5.74, 6) is -1.79. The molecule has 0 bridgehead atoms. The largest absolute Gasteiger partial charge is 0.459 e. The van der Waals surface area contributed by atoms with Gasteiger partial charge >= 0.3 is 12.0 Å². The summed E-state index contributed by atoms with van der Waals surface area (Å²) >= 11 is 0.885. The first-order valence-electron chi connectivity index (χ1n) is 14.2. The number of carbonyl (C=O) groups excluding carboxylic acids is 4. The molecule has 46 heavy (non-hydrogen) atoms. The first kappa shape index (κ1) is 32.1. The molecule has 0 aliphatic carbocycles. The molecule has 2 aliphatic heterocycles. The van der Waals surface area contributed by atoms with E-state index in [2.05, 4.69) is 10.4 Å². The number of aliphatic hydroxyl groups excluding tert-OH is 1. The second kappa shape index (κ2) is 14.7. The molecule has 4 amide bonds. The average Bonchev–Trinajstić information content (AvgIpc) is 3.43. The lowest BCUT2D eigenvalue weighted by atomic mass is 10.1. The Morgan fingerprint density at radius 2 is 1.70 bits per heavy atom. The number of nitro benzene ring substituents is 1. The van der Waals surface area contributed by atoms with Crippen LogP contribution in [0.25, 0.3) is 0 Å². The van der Waals surface area contributed by atoms with E-state index in [9.17, 15) is 34.4 Å². The first-order chi connectivity index (χ1) is 22.2. The number of aliphatic hydroxyl groups is 1. The Kier molecular flexibility index (Phi) is 10.2. The summed E-state index contributed by atoms with van der Waals surface area (Å²) in [6, 6.07) is 21.9. The summed E-state index contributed by atoms with van der Waals surface area (Å²) in [6.45, 7) is -0.649. The van der Waals surface area contributed by atoms with Crippen LogP contribution in [0.1, 0.15) is 16.7 Å². The average molecular weight is 647 g/mol. The third kappa shape index (κ3) is 7.50. The van der Waals surface area contributed by atoms with Crippen molar-refractivity contribution in [2.45, 2.75) is 29.8 Å². The van der Waals surface area contributed by atoms with E-state index in [4.69, 9.17) is 4.74 Å². The minimum absolute atomic E-state index is 0.0147. The SMILES string of the molecule is O=C(Cc1ccccc1)N[C@@H]1C(=O)N(CO)[C@@H]1SC(C(=O)OCc1ccc([N+](=O)[O-])cc1)N1CCN(/N=C/c2ccccc2)C1=O. The van der Waals surface area contributed by atoms with Gasteiger partial charge in [0, 0.05) is 18.7 Å². The fourth-order valence-corrected chi connectivity index (χ4v) is 6.28. The molecule has 0 aromatic heterocycles. The van der Waals surface area contributed by atoms with Gasteiger partial charge in [-0.05, 0) is 28.8 Å². The minimum atomic E-state index is -1.29. The van der Waals surface area contributed by atoms with Crippen molar-refractivity contribution in [2.75, 3.05) is 19.8 Å². The normalized spacial score (nSPS) is 18.4. The van der Waals surface area contributed by atoms with Crippen LogP contribution in [0.2, 0.25) is 0 Å². The summed E-state index contributed by atoms with van der Waals surface area (Å²) in [5.41, 5.74) is 1.86. The van der Waals surface area contributed by atoms with E-state index in [1.165, 1.54) is 40.4 Å². The summed E-state index contributed by atoms with van der Waals surface area (Å²) in [7, 11) is 0. The highest BCUT2D eigenvalue weighted by molar-refractivity contribution is 8.01. The number of hydrogen-bond acceptors (Lipinski definition) is 10. The van der Waals surface area contributed by atoms with Crippen LogP contribution in [0, 0.1) is 10.1 Å². The fraction of sp³-hybridized carbons (Fsp3) is 0.258. The number of esters is 1. The van der Waals surface area contributed by atoms with Crippen LogP contribution in [0.3, 0.4) is 0 Å². The molecule has 0 radical (unpaired) electrons. The van der Waals surface area contributed by atoms with Gasteiger partial charge in [-0.25, -0.2) is 14.6 Å². The maximum Gasteiger partial charge on any atom is 0.341 e. The van der Waals surface area contributed by atoms with Gasteiger partial charge in [-0.1, -0.05) is 72.4 Å². The molecule has 3 aromatic rings. The molecule has 1 unspecified atom stereocenters. The van der Waals surface area contributed by atoms with Gasteiger partial charge in [0.05, 0.1) is 24.1 Å². The molecule has 238 valence electrons. The van der Waals surface area contributed by atoms with Gasteiger partial charge in [-0.2, -0.15) is 5.10 Å². The number of nitrogens with zero attached hydrogens (tertiary/aromatic N) is 5. The number of thioether (sulfide) groups is 1. The van der Waals surface area contributed by atoms with Crippen molar-refractivity contribution in [2.24, 2.45) is 5.10 Å². The van der Waals surface area contributed by atoms with Crippen LogP contribution in [0.15, 0.2) is 90.0 Å². The van der Waals surface area contributed by atoms with Gasteiger partial charge in [0.2, 0.25) is 5.91 Å². The first-order valence-corrected chi connectivity index (χ1v) is 15.2. The van der Waals surface area contributed by atoms with Crippen LogP contribution in [0.4, 0.5) is 10.5 Å². The van der Waals surface area contributed by atoms with Gasteiger partial charge in [-0.3, -0.25) is 24.6 Å². The van der Waals surface area contributed by atoms with Crippen molar-refractivity contribution in [3.05, 3.63) is 112 Å². The van der Waals surface area contributed by atoms with Gasteiger partial charge < -0.3 is 20.1 Å². The third-order valence-corrected chi connectivity index (χ3v) is 8.77. The lowest BCUT2D eigenvalue weighted by Gasteiger charge is -2.46. The highest BCUT2D eigenvalue weighted by Crippen LogP contribution is 2.36. The lowest BCUT2D eigenvalue weighted by Crippen LogP contribution is -2.70. The van der Waals surface area contributed by atoms with Crippen molar-refractivity contribution < 1.29 is 33.9 Å². The molecule has 0 saturated carbocycles. The van der Waals surface area contributed by atoms with Gasteiger partial charge in [0.15, 0.2) is 5.37 Å². The van der Waals surface area contributed by atoms with Crippen LogP contribution in [-0.2, 0) is 32.1 Å². The molecule has 2 fully saturated rings. The molecule has 14 nitrogen and oxygen atoms in total. The van der Waals surface area contributed by atoms with Crippen molar-refractivity contribution in [3.63, 3.8) is 0 Å². The monoisotopic (exact) mass is 646 g/mol. The highest BCUT2D eigenvalue weighted by Gasteiger charge is 2.52. The Morgan fingerprint density at radius 3 is 2.35 bits per heavy atom. The van der Waals surface area contributed by atoms with Gasteiger partial charge in [0.25, 0.3) is 11.6 Å². The van der Waals surface area contributed by atoms with E-state index in [-0.39, 0.29) is 31.8 Å². The molecule has 2 saturated heterocycles. The molecule has 2 N–H and O–H groups in total. The van der Waals surface area contributed by atoms with E-state index >= 15 is 0 Å².